The van der Waals surface area contributed by atoms with E-state index in [0.29, 0.717) is 0 Å². The number of hydrogen-bond donors (Lipinski definition) is 0. The highest BCUT2D eigenvalue weighted by atomic mass is 32.1. The lowest BCUT2D eigenvalue weighted by molar-refractivity contribution is 1.51. The molecule has 36 heavy (non-hydrogen) atoms. The summed E-state index contributed by atoms with van der Waals surface area (Å²) in [5.74, 6) is 0. The van der Waals surface area contributed by atoms with Crippen LogP contribution in [0.3, 0.4) is 0 Å². The van der Waals surface area contributed by atoms with Crippen LogP contribution in [-0.4, -0.2) is 9.97 Å². The van der Waals surface area contributed by atoms with Crippen molar-refractivity contribution >= 4 is 97.9 Å². The van der Waals surface area contributed by atoms with Crippen LogP contribution in [-0.2, 0) is 0 Å². The highest BCUT2D eigenvalue weighted by Crippen LogP contribution is 2.45. The normalized spacial score (nSPS) is 11.9. The lowest BCUT2D eigenvalue weighted by Gasteiger charge is -1.91. The van der Waals surface area contributed by atoms with E-state index in [-0.39, 0.29) is 0 Å². The molecule has 8 aromatic rings. The molecule has 8 rings (SSSR count). The summed E-state index contributed by atoms with van der Waals surface area (Å²) in [6, 6.07) is 30.6. The molecule has 172 valence electrons. The van der Waals surface area contributed by atoms with Crippen molar-refractivity contribution in [2.75, 3.05) is 0 Å². The summed E-state index contributed by atoms with van der Waals surface area (Å²) in [5, 5.41) is 4.74. The Bertz CT molecular complexity index is 1790. The van der Waals surface area contributed by atoms with Gasteiger partial charge in [-0.05, 0) is 59.3 Å². The number of aromatic nitrogens is 2. The molecule has 0 amide bonds. The standard InChI is InChI=1S/C28H14N2S6/c1-3-7-17-15(5-1)13-23(31-17)19-9-11-21(33-19)25-29-27-28(35-25)30-26(36-27)22-12-10-20(34-22)24-14-16-6-2-4-8-18(16)32-24/h1-14H. The van der Waals surface area contributed by atoms with Gasteiger partial charge >= 0.3 is 0 Å². The highest BCUT2D eigenvalue weighted by molar-refractivity contribution is 7.33. The van der Waals surface area contributed by atoms with Gasteiger partial charge in [-0.3, -0.25) is 0 Å². The maximum Gasteiger partial charge on any atom is 0.155 e. The average molecular weight is 571 g/mol. The molecule has 8 heteroatoms. The van der Waals surface area contributed by atoms with Crippen LogP contribution >= 0.6 is 68.0 Å². The predicted molar refractivity (Wildman–Crippen MR) is 164 cm³/mol. The summed E-state index contributed by atoms with van der Waals surface area (Å²) >= 11 is 10.7. The fraction of sp³-hybridized carbons (Fsp3) is 0. The van der Waals surface area contributed by atoms with E-state index in [4.69, 9.17) is 9.97 Å². The van der Waals surface area contributed by atoms with Crippen LogP contribution in [0.1, 0.15) is 0 Å². The zero-order valence-corrected chi connectivity index (χ0v) is 23.3. The first-order chi connectivity index (χ1) is 17.8. The zero-order chi connectivity index (χ0) is 23.6. The van der Waals surface area contributed by atoms with Crippen LogP contribution in [0.25, 0.3) is 69.1 Å². The van der Waals surface area contributed by atoms with E-state index in [9.17, 15) is 0 Å². The predicted octanol–water partition coefficient (Wildman–Crippen LogP) is 11.0. The zero-order valence-electron chi connectivity index (χ0n) is 18.4. The van der Waals surface area contributed by atoms with Crippen LogP contribution in [0.4, 0.5) is 0 Å². The lowest BCUT2D eigenvalue weighted by Crippen LogP contribution is -1.67. The van der Waals surface area contributed by atoms with Crippen molar-refractivity contribution in [3.63, 3.8) is 0 Å². The molecule has 0 fully saturated rings. The SMILES string of the molecule is c1ccc2sc(-c3ccc(-c4nc5sc(-c6ccc(-c7cc8ccccc8s7)s6)nc5s4)s3)cc2c1. The van der Waals surface area contributed by atoms with E-state index in [1.807, 2.05) is 45.3 Å². The number of nitrogens with zero attached hydrogens (tertiary/aromatic N) is 2. The fourth-order valence-corrected chi connectivity index (χ4v) is 10.7. The topological polar surface area (TPSA) is 25.8 Å². The molecule has 6 heterocycles. The maximum atomic E-state index is 4.97. The molecule has 6 aromatic heterocycles. The third-order valence-corrected chi connectivity index (χ3v) is 13.1. The second-order valence-electron chi connectivity index (χ2n) is 8.27. The molecule has 0 aliphatic rings. The summed E-state index contributed by atoms with van der Waals surface area (Å²) in [6.07, 6.45) is 0. The monoisotopic (exact) mass is 570 g/mol. The van der Waals surface area contributed by atoms with E-state index < -0.39 is 0 Å². The van der Waals surface area contributed by atoms with Crippen LogP contribution in [0, 0.1) is 0 Å². The van der Waals surface area contributed by atoms with Gasteiger partial charge in [-0.25, -0.2) is 9.97 Å². The van der Waals surface area contributed by atoms with Crippen molar-refractivity contribution in [1.29, 1.82) is 0 Å². The van der Waals surface area contributed by atoms with E-state index in [0.717, 1.165) is 19.7 Å². The van der Waals surface area contributed by atoms with Crippen LogP contribution in [0.15, 0.2) is 84.9 Å². The lowest BCUT2D eigenvalue weighted by atomic mass is 10.2. The smallest absolute Gasteiger partial charge is 0.155 e. The first-order valence-corrected chi connectivity index (χ1v) is 16.1. The summed E-state index contributed by atoms with van der Waals surface area (Å²) in [6.45, 7) is 0. The number of thiophene rings is 4. The molecule has 0 saturated heterocycles. The average Bonchev–Trinajstić information content (AvgIpc) is 3.72. The molecule has 0 N–H and O–H groups in total. The fourth-order valence-electron chi connectivity index (χ4n) is 4.23. The second-order valence-corrected chi connectivity index (χ2v) is 14.6. The number of fused-ring (bicyclic) bond motifs is 3. The summed E-state index contributed by atoms with van der Waals surface area (Å²) in [7, 11) is 0. The third kappa shape index (κ3) is 3.60. The Labute approximate surface area is 230 Å². The minimum atomic E-state index is 1.03. The molecule has 0 aliphatic carbocycles. The molecular weight excluding hydrogens is 557 g/mol. The van der Waals surface area contributed by atoms with Gasteiger partial charge in [-0.2, -0.15) is 0 Å². The van der Waals surface area contributed by atoms with Crippen molar-refractivity contribution in [1.82, 2.24) is 9.97 Å². The third-order valence-electron chi connectivity index (χ3n) is 5.95. The minimum absolute atomic E-state index is 1.03. The number of rotatable bonds is 4. The van der Waals surface area contributed by atoms with Crippen LogP contribution in [0.5, 0.6) is 0 Å². The summed E-state index contributed by atoms with van der Waals surface area (Å²) < 4.78 is 2.66. The molecule has 2 nitrogen and oxygen atoms in total. The molecular formula is C28H14N2S6. The van der Waals surface area contributed by atoms with Gasteiger partial charge in [0.05, 0.1) is 9.75 Å². The summed E-state index contributed by atoms with van der Waals surface area (Å²) in [4.78, 5) is 19.6. The molecule has 0 bridgehead atoms. The first kappa shape index (κ1) is 21.4. The number of thiazole rings is 2. The van der Waals surface area contributed by atoms with Crippen molar-refractivity contribution in [2.45, 2.75) is 0 Å². The van der Waals surface area contributed by atoms with E-state index in [2.05, 4.69) is 84.9 Å². The van der Waals surface area contributed by atoms with Gasteiger partial charge in [-0.1, -0.05) is 59.1 Å². The van der Waals surface area contributed by atoms with E-state index in [1.54, 1.807) is 22.7 Å². The minimum Gasteiger partial charge on any atom is -0.222 e. The van der Waals surface area contributed by atoms with E-state index >= 15 is 0 Å². The Kier molecular flexibility index (Phi) is 4.99. The Balaban J connectivity index is 1.09. The number of hydrogen-bond acceptors (Lipinski definition) is 8. The van der Waals surface area contributed by atoms with Gasteiger partial charge in [-0.15, -0.1) is 45.3 Å². The first-order valence-electron chi connectivity index (χ1n) is 11.2. The molecule has 0 atom stereocenters. The molecule has 2 aromatic carbocycles. The molecule has 0 spiro atoms. The molecule has 0 saturated carbocycles. The second kappa shape index (κ2) is 8.41. The van der Waals surface area contributed by atoms with Gasteiger partial charge in [0.2, 0.25) is 0 Å². The van der Waals surface area contributed by atoms with Gasteiger partial charge in [0, 0.05) is 28.9 Å². The van der Waals surface area contributed by atoms with Crippen molar-refractivity contribution < 1.29 is 0 Å². The Morgan fingerprint density at radius 2 is 0.833 bits per heavy atom. The Morgan fingerprint density at radius 3 is 1.31 bits per heavy atom. The van der Waals surface area contributed by atoms with Gasteiger partial charge in [0.25, 0.3) is 0 Å². The molecule has 0 unspecified atom stereocenters. The largest absolute Gasteiger partial charge is 0.222 e. The maximum absolute atomic E-state index is 4.97. The quantitative estimate of drug-likeness (QED) is 0.210. The molecule has 0 aliphatic heterocycles. The number of benzene rings is 2. The Hall–Kier alpha value is -2.72. The van der Waals surface area contributed by atoms with Crippen LogP contribution < -0.4 is 0 Å². The van der Waals surface area contributed by atoms with Crippen molar-refractivity contribution in [3.8, 4) is 39.3 Å². The van der Waals surface area contributed by atoms with Crippen molar-refractivity contribution in [2.24, 2.45) is 0 Å². The molecule has 0 radical (unpaired) electrons. The van der Waals surface area contributed by atoms with Crippen LogP contribution in [0.2, 0.25) is 0 Å². The highest BCUT2D eigenvalue weighted by Gasteiger charge is 2.17. The van der Waals surface area contributed by atoms with Gasteiger partial charge in [0.15, 0.2) is 9.66 Å². The van der Waals surface area contributed by atoms with E-state index in [1.165, 1.54) is 49.4 Å². The van der Waals surface area contributed by atoms with Gasteiger partial charge < -0.3 is 0 Å². The summed E-state index contributed by atoms with van der Waals surface area (Å²) in [5.41, 5.74) is 0. The Morgan fingerprint density at radius 1 is 0.389 bits per heavy atom. The van der Waals surface area contributed by atoms with Gasteiger partial charge in [0.1, 0.15) is 10.0 Å². The van der Waals surface area contributed by atoms with Crippen molar-refractivity contribution in [3.05, 3.63) is 84.9 Å².